The van der Waals surface area contributed by atoms with Crippen LogP contribution in [0.2, 0.25) is 0 Å². The van der Waals surface area contributed by atoms with E-state index in [4.69, 9.17) is 5.73 Å². The molecule has 3 N–H and O–H groups in total. The Labute approximate surface area is 152 Å². The Morgan fingerprint density at radius 2 is 2.04 bits per heavy atom. The van der Waals surface area contributed by atoms with Gasteiger partial charge in [-0.3, -0.25) is 0 Å². The van der Waals surface area contributed by atoms with Gasteiger partial charge in [-0.2, -0.15) is 0 Å². The Hall–Kier alpha value is -2.49. The van der Waals surface area contributed by atoms with E-state index in [1.807, 2.05) is 19.1 Å². The molecule has 4 nitrogen and oxygen atoms in total. The standard InChI is InChI=1S/C12H18N2O.C9H13N/c1-3-4-5-10-6-8-11(9-7-10)12(13)14-15-2;1-3-4-9-7-10-6-5-8(9)2/h6-9H,3-5H2,1-2H3,(H2,13,14);3-5,7,10H,6H2,1-2H3/b;4-3-. The molecule has 0 saturated heterocycles. The molecule has 1 aliphatic rings. The number of benzene rings is 1. The maximum absolute atomic E-state index is 5.68. The van der Waals surface area contributed by atoms with E-state index < -0.39 is 0 Å². The predicted octanol–water partition coefficient (Wildman–Crippen LogP) is 4.29. The lowest BCUT2D eigenvalue weighted by Crippen LogP contribution is -2.13. The number of allylic oxidation sites excluding steroid dienone is 4. The Morgan fingerprint density at radius 1 is 1.32 bits per heavy atom. The highest BCUT2D eigenvalue weighted by Crippen LogP contribution is 2.11. The maximum atomic E-state index is 5.68. The molecule has 0 bridgehead atoms. The summed E-state index contributed by atoms with van der Waals surface area (Å²) in [6.45, 7) is 7.32. The molecule has 25 heavy (non-hydrogen) atoms. The van der Waals surface area contributed by atoms with Crippen LogP contribution in [0.15, 0.2) is 65.0 Å². The maximum Gasteiger partial charge on any atom is 0.170 e. The zero-order valence-electron chi connectivity index (χ0n) is 15.9. The van der Waals surface area contributed by atoms with Crippen LogP contribution in [0.3, 0.4) is 0 Å². The summed E-state index contributed by atoms with van der Waals surface area (Å²) in [5, 5.41) is 6.84. The van der Waals surface area contributed by atoms with Crippen molar-refractivity contribution in [3.63, 3.8) is 0 Å². The van der Waals surface area contributed by atoms with Gasteiger partial charge in [-0.1, -0.05) is 61.0 Å². The summed E-state index contributed by atoms with van der Waals surface area (Å²) in [5.74, 6) is 0.416. The monoisotopic (exact) mass is 341 g/mol. The minimum atomic E-state index is 0.416. The Kier molecular flexibility index (Phi) is 9.83. The summed E-state index contributed by atoms with van der Waals surface area (Å²) in [4.78, 5) is 4.62. The smallest absolute Gasteiger partial charge is 0.170 e. The van der Waals surface area contributed by atoms with Crippen molar-refractivity contribution in [3.05, 3.63) is 71.0 Å². The third-order valence-corrected chi connectivity index (χ3v) is 3.84. The van der Waals surface area contributed by atoms with Crippen LogP contribution in [0.1, 0.15) is 44.7 Å². The normalized spacial score (nSPS) is 14.2. The van der Waals surface area contributed by atoms with E-state index in [-0.39, 0.29) is 0 Å². The molecule has 0 aromatic heterocycles. The number of rotatable bonds is 6. The average molecular weight is 341 g/mol. The highest BCUT2D eigenvalue weighted by atomic mass is 16.6. The van der Waals surface area contributed by atoms with E-state index in [0.717, 1.165) is 18.5 Å². The topological polar surface area (TPSA) is 59.6 Å². The van der Waals surface area contributed by atoms with Crippen molar-refractivity contribution in [2.45, 2.75) is 40.0 Å². The lowest BCUT2D eigenvalue weighted by Gasteiger charge is -2.09. The van der Waals surface area contributed by atoms with Gasteiger partial charge in [-0.25, -0.2) is 0 Å². The van der Waals surface area contributed by atoms with Crippen LogP contribution in [0.25, 0.3) is 0 Å². The van der Waals surface area contributed by atoms with Gasteiger partial charge in [0, 0.05) is 18.3 Å². The van der Waals surface area contributed by atoms with Crippen LogP contribution in [-0.2, 0) is 11.3 Å². The summed E-state index contributed by atoms with van der Waals surface area (Å²) in [5.41, 5.74) is 10.6. The fourth-order valence-corrected chi connectivity index (χ4v) is 2.35. The first-order chi connectivity index (χ1) is 12.1. The van der Waals surface area contributed by atoms with Crippen molar-refractivity contribution in [2.75, 3.05) is 13.7 Å². The third kappa shape index (κ3) is 7.75. The molecule has 0 fully saturated rings. The molecule has 0 amide bonds. The first-order valence-electron chi connectivity index (χ1n) is 8.81. The van der Waals surface area contributed by atoms with Crippen LogP contribution >= 0.6 is 0 Å². The Balaban J connectivity index is 0.000000271. The SMILES string of the molecule is C/C=C\C1=CNCC=C1C.CCCCc1ccc(/C(N)=N/OC)cc1. The van der Waals surface area contributed by atoms with Crippen LogP contribution in [-0.4, -0.2) is 19.5 Å². The van der Waals surface area contributed by atoms with E-state index in [1.165, 1.54) is 36.7 Å². The van der Waals surface area contributed by atoms with Gasteiger partial charge in [0.2, 0.25) is 0 Å². The number of dihydropyridines is 1. The zero-order valence-corrected chi connectivity index (χ0v) is 15.9. The van der Waals surface area contributed by atoms with E-state index in [2.05, 4.69) is 65.7 Å². The van der Waals surface area contributed by atoms with E-state index in [9.17, 15) is 0 Å². The minimum absolute atomic E-state index is 0.416. The van der Waals surface area contributed by atoms with Gasteiger partial charge in [0.15, 0.2) is 5.84 Å². The van der Waals surface area contributed by atoms with Gasteiger partial charge in [-0.15, -0.1) is 0 Å². The van der Waals surface area contributed by atoms with Crippen LogP contribution in [0, 0.1) is 0 Å². The van der Waals surface area contributed by atoms with Crippen molar-refractivity contribution in [1.82, 2.24) is 5.32 Å². The highest BCUT2D eigenvalue weighted by Gasteiger charge is 1.99. The zero-order chi connectivity index (χ0) is 18.5. The number of hydrogen-bond donors (Lipinski definition) is 2. The molecule has 0 spiro atoms. The number of hydrogen-bond acceptors (Lipinski definition) is 3. The lowest BCUT2D eigenvalue weighted by atomic mass is 10.1. The van der Waals surface area contributed by atoms with Gasteiger partial charge < -0.3 is 15.9 Å². The van der Waals surface area contributed by atoms with Gasteiger partial charge >= 0.3 is 0 Å². The molecule has 0 aliphatic carbocycles. The second kappa shape index (κ2) is 12.0. The van der Waals surface area contributed by atoms with Gasteiger partial charge in [0.1, 0.15) is 7.11 Å². The van der Waals surface area contributed by atoms with Crippen molar-refractivity contribution in [3.8, 4) is 0 Å². The van der Waals surface area contributed by atoms with E-state index >= 15 is 0 Å². The number of aryl methyl sites for hydroxylation is 1. The molecule has 1 heterocycles. The van der Waals surface area contributed by atoms with E-state index in [0.29, 0.717) is 5.84 Å². The summed E-state index contributed by atoms with van der Waals surface area (Å²) in [6.07, 6.45) is 12.0. The largest absolute Gasteiger partial charge is 0.397 e. The summed E-state index contributed by atoms with van der Waals surface area (Å²) < 4.78 is 0. The van der Waals surface area contributed by atoms with Gasteiger partial charge in [-0.05, 0) is 43.4 Å². The Bertz CT molecular complexity index is 625. The summed E-state index contributed by atoms with van der Waals surface area (Å²) >= 11 is 0. The number of amidine groups is 1. The first kappa shape index (κ1) is 20.6. The van der Waals surface area contributed by atoms with E-state index in [1.54, 1.807) is 0 Å². The molecule has 1 aromatic carbocycles. The fraction of sp³-hybridized carbons (Fsp3) is 0.381. The molecule has 2 rings (SSSR count). The van der Waals surface area contributed by atoms with Gasteiger partial charge in [0.25, 0.3) is 0 Å². The second-order valence-corrected chi connectivity index (χ2v) is 5.85. The number of nitrogens with one attached hydrogen (secondary N) is 1. The highest BCUT2D eigenvalue weighted by molar-refractivity contribution is 5.97. The molecule has 4 heteroatoms. The number of nitrogens with two attached hydrogens (primary N) is 1. The number of oxime groups is 1. The molecule has 136 valence electrons. The van der Waals surface area contributed by atoms with Crippen LogP contribution in [0.4, 0.5) is 0 Å². The summed E-state index contributed by atoms with van der Waals surface area (Å²) in [6, 6.07) is 8.12. The molecule has 0 atom stereocenters. The fourth-order valence-electron chi connectivity index (χ4n) is 2.35. The average Bonchev–Trinajstić information content (AvgIpc) is 2.63. The van der Waals surface area contributed by atoms with Crippen molar-refractivity contribution < 1.29 is 4.84 Å². The molecular weight excluding hydrogens is 310 g/mol. The number of unbranched alkanes of at least 4 members (excludes halogenated alkanes) is 1. The quantitative estimate of drug-likeness (QED) is 0.461. The predicted molar refractivity (Wildman–Crippen MR) is 107 cm³/mol. The molecule has 1 aliphatic heterocycles. The first-order valence-corrected chi connectivity index (χ1v) is 8.81. The molecule has 0 radical (unpaired) electrons. The molecule has 0 saturated carbocycles. The molecule has 0 unspecified atom stereocenters. The minimum Gasteiger partial charge on any atom is -0.397 e. The third-order valence-electron chi connectivity index (χ3n) is 3.84. The van der Waals surface area contributed by atoms with Crippen LogP contribution < -0.4 is 11.1 Å². The molecular formula is C21H31N3O. The van der Waals surface area contributed by atoms with Crippen LogP contribution in [0.5, 0.6) is 0 Å². The number of nitrogens with zero attached hydrogens (tertiary/aromatic N) is 1. The second-order valence-electron chi connectivity index (χ2n) is 5.85. The van der Waals surface area contributed by atoms with Crippen molar-refractivity contribution in [1.29, 1.82) is 0 Å². The van der Waals surface area contributed by atoms with Crippen molar-refractivity contribution in [2.24, 2.45) is 10.9 Å². The van der Waals surface area contributed by atoms with Crippen molar-refractivity contribution >= 4 is 5.84 Å². The lowest BCUT2D eigenvalue weighted by molar-refractivity contribution is 0.213. The Morgan fingerprint density at radius 3 is 2.60 bits per heavy atom. The van der Waals surface area contributed by atoms with Gasteiger partial charge in [0.05, 0.1) is 0 Å². The summed E-state index contributed by atoms with van der Waals surface area (Å²) in [7, 11) is 1.49. The molecule has 1 aromatic rings.